The van der Waals surface area contributed by atoms with Crippen LogP contribution >= 0.6 is 0 Å². The number of hydrogen-bond acceptors (Lipinski definition) is 3. The van der Waals surface area contributed by atoms with Crippen molar-refractivity contribution in [2.24, 2.45) is 11.3 Å². The number of urea groups is 1. The Balaban J connectivity index is 2.38. The number of rotatable bonds is 5. The van der Waals surface area contributed by atoms with E-state index in [0.717, 1.165) is 10.5 Å². The Kier molecular flexibility index (Phi) is 4.45. The van der Waals surface area contributed by atoms with Crippen LogP contribution in [0.15, 0.2) is 43.0 Å². The molecular formula is C17H20N2O3. The molecular weight excluding hydrogens is 280 g/mol. The monoisotopic (exact) mass is 300 g/mol. The summed E-state index contributed by atoms with van der Waals surface area (Å²) in [7, 11) is 0. The Bertz CT molecular complexity index is 610. The second-order valence-corrected chi connectivity index (χ2v) is 5.76. The van der Waals surface area contributed by atoms with Crippen molar-refractivity contribution in [3.05, 3.63) is 48.6 Å². The summed E-state index contributed by atoms with van der Waals surface area (Å²) in [4.78, 5) is 38.4. The third-order valence-electron chi connectivity index (χ3n) is 4.13. The van der Waals surface area contributed by atoms with Gasteiger partial charge < -0.3 is 0 Å². The quantitative estimate of drug-likeness (QED) is 0.671. The van der Waals surface area contributed by atoms with Gasteiger partial charge >= 0.3 is 6.03 Å². The molecule has 22 heavy (non-hydrogen) atoms. The van der Waals surface area contributed by atoms with Gasteiger partial charge in [-0.15, -0.1) is 6.58 Å². The van der Waals surface area contributed by atoms with Crippen molar-refractivity contribution in [2.45, 2.75) is 26.8 Å². The molecule has 0 aromatic heterocycles. The first-order valence-corrected chi connectivity index (χ1v) is 7.25. The van der Waals surface area contributed by atoms with Crippen molar-refractivity contribution < 1.29 is 14.4 Å². The van der Waals surface area contributed by atoms with Crippen LogP contribution in [0.2, 0.25) is 0 Å². The van der Waals surface area contributed by atoms with Crippen molar-refractivity contribution in [3.63, 3.8) is 0 Å². The molecule has 1 unspecified atom stereocenters. The molecule has 0 bridgehead atoms. The van der Waals surface area contributed by atoms with E-state index >= 15 is 0 Å². The van der Waals surface area contributed by atoms with Gasteiger partial charge in [0.05, 0.1) is 6.54 Å². The maximum Gasteiger partial charge on any atom is 0.331 e. The third kappa shape index (κ3) is 2.54. The van der Waals surface area contributed by atoms with Gasteiger partial charge in [0.1, 0.15) is 5.41 Å². The number of carbonyl (C=O) groups is 3. The average Bonchev–Trinajstić information content (AvgIpc) is 2.48. The third-order valence-corrected chi connectivity index (χ3v) is 4.13. The first-order valence-electron chi connectivity index (χ1n) is 7.25. The smallest absolute Gasteiger partial charge is 0.277 e. The molecule has 5 nitrogen and oxygen atoms in total. The van der Waals surface area contributed by atoms with Crippen molar-refractivity contribution in [1.29, 1.82) is 0 Å². The van der Waals surface area contributed by atoms with E-state index in [-0.39, 0.29) is 18.9 Å². The van der Waals surface area contributed by atoms with Gasteiger partial charge in [-0.1, -0.05) is 50.3 Å². The van der Waals surface area contributed by atoms with Gasteiger partial charge in [-0.3, -0.25) is 19.8 Å². The maximum absolute atomic E-state index is 12.9. The van der Waals surface area contributed by atoms with Gasteiger partial charge in [0, 0.05) is 0 Å². The van der Waals surface area contributed by atoms with Crippen molar-refractivity contribution in [2.75, 3.05) is 0 Å². The number of nitrogens with zero attached hydrogens (tertiary/aromatic N) is 1. The van der Waals surface area contributed by atoms with Crippen LogP contribution in [0.3, 0.4) is 0 Å². The van der Waals surface area contributed by atoms with Gasteiger partial charge in [0.2, 0.25) is 11.8 Å². The Morgan fingerprint density at radius 2 is 1.86 bits per heavy atom. The summed E-state index contributed by atoms with van der Waals surface area (Å²) in [6.07, 6.45) is 1.75. The van der Waals surface area contributed by atoms with Crippen LogP contribution < -0.4 is 5.32 Å². The molecule has 1 fully saturated rings. The van der Waals surface area contributed by atoms with Crippen LogP contribution in [0.4, 0.5) is 4.79 Å². The number of amides is 4. The van der Waals surface area contributed by atoms with Crippen LogP contribution in [0, 0.1) is 11.3 Å². The fraction of sp³-hybridized carbons (Fsp3) is 0.353. The zero-order valence-electron chi connectivity index (χ0n) is 12.8. The molecule has 1 aliphatic rings. The van der Waals surface area contributed by atoms with E-state index in [1.54, 1.807) is 19.9 Å². The fourth-order valence-electron chi connectivity index (χ4n) is 2.77. The predicted octanol–water partition coefficient (Wildman–Crippen LogP) is 2.48. The summed E-state index contributed by atoms with van der Waals surface area (Å²) < 4.78 is 0. The highest BCUT2D eigenvalue weighted by atomic mass is 16.2. The standard InChI is InChI=1S/C17H20N2O3/c1-4-10-17(12(2)3)14(20)18-16(22)19(15(17)21)11-13-8-6-5-7-9-13/h4-9,12H,1,10-11H2,2-3H3,(H,18,20,22). The Labute approximate surface area is 130 Å². The summed E-state index contributed by atoms with van der Waals surface area (Å²) in [6, 6.07) is 8.54. The number of allylic oxidation sites excluding steroid dienone is 1. The first kappa shape index (κ1) is 15.9. The molecule has 116 valence electrons. The fourth-order valence-corrected chi connectivity index (χ4v) is 2.77. The van der Waals surface area contributed by atoms with E-state index in [2.05, 4.69) is 11.9 Å². The molecule has 1 atom stereocenters. The number of hydrogen-bond donors (Lipinski definition) is 1. The molecule has 4 amide bonds. The van der Waals surface area contributed by atoms with Crippen molar-refractivity contribution in [3.8, 4) is 0 Å². The van der Waals surface area contributed by atoms with E-state index < -0.39 is 23.3 Å². The second kappa shape index (κ2) is 6.13. The van der Waals surface area contributed by atoms with Crippen molar-refractivity contribution >= 4 is 17.8 Å². The Morgan fingerprint density at radius 1 is 1.23 bits per heavy atom. The van der Waals surface area contributed by atoms with Gasteiger partial charge in [-0.2, -0.15) is 0 Å². The van der Waals surface area contributed by atoms with Gasteiger partial charge in [-0.05, 0) is 17.9 Å². The number of nitrogens with one attached hydrogen (secondary N) is 1. The highest BCUT2D eigenvalue weighted by molar-refractivity contribution is 6.19. The minimum atomic E-state index is -1.27. The van der Waals surface area contributed by atoms with Crippen LogP contribution in [0.5, 0.6) is 0 Å². The lowest BCUT2D eigenvalue weighted by Gasteiger charge is -2.41. The SMILES string of the molecule is C=CCC1(C(C)C)C(=O)NC(=O)N(Cc2ccccc2)C1=O. The molecule has 0 saturated carbocycles. The van der Waals surface area contributed by atoms with Gasteiger partial charge in [0.15, 0.2) is 0 Å². The summed E-state index contributed by atoms with van der Waals surface area (Å²) >= 11 is 0. The minimum Gasteiger partial charge on any atom is -0.277 e. The van der Waals surface area contributed by atoms with Gasteiger partial charge in [0.25, 0.3) is 0 Å². The largest absolute Gasteiger partial charge is 0.331 e. The number of benzene rings is 1. The zero-order chi connectivity index (χ0) is 16.3. The highest BCUT2D eigenvalue weighted by Gasteiger charge is 2.54. The molecule has 1 aromatic rings. The molecule has 1 aliphatic heterocycles. The maximum atomic E-state index is 12.9. The van der Waals surface area contributed by atoms with E-state index in [1.165, 1.54) is 0 Å². The predicted molar refractivity (Wildman–Crippen MR) is 82.6 cm³/mol. The molecule has 5 heteroatoms. The van der Waals surface area contributed by atoms with Crippen molar-refractivity contribution in [1.82, 2.24) is 10.2 Å². The van der Waals surface area contributed by atoms with Crippen LogP contribution in [-0.2, 0) is 16.1 Å². The average molecular weight is 300 g/mol. The highest BCUT2D eigenvalue weighted by Crippen LogP contribution is 2.37. The lowest BCUT2D eigenvalue weighted by molar-refractivity contribution is -0.155. The number of barbiturate groups is 1. The van der Waals surface area contributed by atoms with Crippen LogP contribution in [0.1, 0.15) is 25.8 Å². The zero-order valence-corrected chi connectivity index (χ0v) is 12.8. The Hall–Kier alpha value is -2.43. The number of imide groups is 2. The molecule has 1 aromatic carbocycles. The topological polar surface area (TPSA) is 66.5 Å². The molecule has 1 N–H and O–H groups in total. The molecule has 0 aliphatic carbocycles. The second-order valence-electron chi connectivity index (χ2n) is 5.76. The van der Waals surface area contributed by atoms with E-state index in [0.29, 0.717) is 0 Å². The van der Waals surface area contributed by atoms with E-state index in [4.69, 9.17) is 0 Å². The van der Waals surface area contributed by atoms with Crippen LogP contribution in [0.25, 0.3) is 0 Å². The molecule has 1 heterocycles. The van der Waals surface area contributed by atoms with Gasteiger partial charge in [-0.25, -0.2) is 4.79 Å². The molecule has 1 saturated heterocycles. The first-order chi connectivity index (χ1) is 10.4. The number of carbonyl (C=O) groups excluding carboxylic acids is 3. The summed E-state index contributed by atoms with van der Waals surface area (Å²) in [6.45, 7) is 7.39. The summed E-state index contributed by atoms with van der Waals surface area (Å²) in [5.41, 5.74) is -0.443. The Morgan fingerprint density at radius 3 is 2.41 bits per heavy atom. The lowest BCUT2D eigenvalue weighted by atomic mass is 9.71. The minimum absolute atomic E-state index is 0.143. The lowest BCUT2D eigenvalue weighted by Crippen LogP contribution is -2.65. The van der Waals surface area contributed by atoms with E-state index in [9.17, 15) is 14.4 Å². The normalized spacial score (nSPS) is 22.0. The van der Waals surface area contributed by atoms with E-state index in [1.807, 2.05) is 30.3 Å². The van der Waals surface area contributed by atoms with Crippen LogP contribution in [-0.4, -0.2) is 22.7 Å². The molecule has 0 spiro atoms. The summed E-state index contributed by atoms with van der Waals surface area (Å²) in [5.74, 6) is -1.24. The summed E-state index contributed by atoms with van der Waals surface area (Å²) in [5, 5.41) is 2.32. The molecule has 0 radical (unpaired) electrons. The molecule has 2 rings (SSSR count).